The third-order valence-corrected chi connectivity index (χ3v) is 7.63. The molecule has 0 aliphatic carbocycles. The summed E-state index contributed by atoms with van der Waals surface area (Å²) >= 11 is 0. The van der Waals surface area contributed by atoms with E-state index in [9.17, 15) is 13.6 Å². The number of aromatic nitrogens is 2. The van der Waals surface area contributed by atoms with Gasteiger partial charge in [0.25, 0.3) is 5.91 Å². The summed E-state index contributed by atoms with van der Waals surface area (Å²) in [4.78, 5) is 22.4. The van der Waals surface area contributed by atoms with E-state index in [1.807, 2.05) is 10.7 Å². The Balaban J connectivity index is 1.47. The van der Waals surface area contributed by atoms with Crippen LogP contribution in [0, 0.1) is 24.5 Å². The van der Waals surface area contributed by atoms with E-state index in [0.29, 0.717) is 12.1 Å². The van der Waals surface area contributed by atoms with Crippen molar-refractivity contribution in [2.75, 3.05) is 19.6 Å². The Kier molecular flexibility index (Phi) is 5.91. The Bertz CT molecular complexity index is 1140. The average Bonchev–Trinajstić information content (AvgIpc) is 3.44. The summed E-state index contributed by atoms with van der Waals surface area (Å²) in [6, 6.07) is 4.14. The summed E-state index contributed by atoms with van der Waals surface area (Å²) in [6.45, 7) is 8.22. The zero-order valence-electron chi connectivity index (χ0n) is 20.0. The predicted octanol–water partition coefficient (Wildman–Crippen LogP) is 4.11. The third kappa shape index (κ3) is 3.89. The van der Waals surface area contributed by atoms with E-state index in [2.05, 4.69) is 18.7 Å². The monoisotopic (exact) mass is 470 g/mol. The number of carbonyl (C=O) groups excluding carboxylic acids is 1. The number of amides is 1. The number of likely N-dealkylation sites (tertiary alicyclic amines) is 2. The fourth-order valence-corrected chi connectivity index (χ4v) is 5.46. The minimum absolute atomic E-state index is 0.120. The predicted molar refractivity (Wildman–Crippen MR) is 126 cm³/mol. The number of aryl methyl sites for hydroxylation is 1. The number of nitrogens with two attached hydrogens (primary N) is 1. The van der Waals surface area contributed by atoms with Crippen LogP contribution in [0.3, 0.4) is 0 Å². The number of benzene rings is 1. The van der Waals surface area contributed by atoms with Crippen molar-refractivity contribution in [2.24, 2.45) is 16.6 Å². The van der Waals surface area contributed by atoms with Crippen LogP contribution in [0.1, 0.15) is 73.2 Å². The molecule has 0 spiro atoms. The molecule has 7 nitrogen and oxygen atoms in total. The van der Waals surface area contributed by atoms with E-state index in [-0.39, 0.29) is 35.5 Å². The molecule has 9 heteroatoms. The molecule has 0 radical (unpaired) electrons. The highest BCUT2D eigenvalue weighted by molar-refractivity contribution is 5.96. The molecule has 2 N–H and O–H groups in total. The molecule has 2 fully saturated rings. The van der Waals surface area contributed by atoms with Gasteiger partial charge < -0.3 is 15.5 Å². The Morgan fingerprint density at radius 2 is 1.85 bits per heavy atom. The molecule has 0 saturated carbocycles. The quantitative estimate of drug-likeness (QED) is 0.716. The average molecular weight is 471 g/mol. The van der Waals surface area contributed by atoms with Gasteiger partial charge in [-0.2, -0.15) is 5.10 Å². The van der Waals surface area contributed by atoms with Crippen LogP contribution in [-0.2, 0) is 0 Å². The molecular weight excluding hydrogens is 438 g/mol. The normalized spacial score (nSPS) is 27.1. The Hall–Kier alpha value is -2.81. The number of aliphatic imine (C=N–C) groups is 1. The number of hydrogen-bond acceptors (Lipinski definition) is 5. The van der Waals surface area contributed by atoms with Gasteiger partial charge in [0, 0.05) is 43.2 Å². The van der Waals surface area contributed by atoms with E-state index in [1.54, 1.807) is 11.8 Å². The van der Waals surface area contributed by atoms with Crippen LogP contribution in [-0.4, -0.2) is 57.0 Å². The molecule has 182 valence electrons. The maximum Gasteiger partial charge on any atom is 0.254 e. The molecule has 3 aliphatic heterocycles. The van der Waals surface area contributed by atoms with E-state index in [0.717, 1.165) is 68.3 Å². The molecule has 5 rings (SSSR count). The molecular formula is C25H32F2N6O. The molecule has 0 bridgehead atoms. The number of halogens is 2. The highest BCUT2D eigenvalue weighted by atomic mass is 19.2. The lowest BCUT2D eigenvalue weighted by Gasteiger charge is -2.35. The molecule has 34 heavy (non-hydrogen) atoms. The van der Waals surface area contributed by atoms with Gasteiger partial charge in [-0.25, -0.2) is 18.5 Å². The zero-order valence-corrected chi connectivity index (χ0v) is 20.0. The van der Waals surface area contributed by atoms with Crippen molar-refractivity contribution >= 4 is 17.6 Å². The van der Waals surface area contributed by atoms with Crippen molar-refractivity contribution in [1.82, 2.24) is 19.6 Å². The maximum atomic E-state index is 13.9. The smallest absolute Gasteiger partial charge is 0.254 e. The number of hydrogen-bond donors (Lipinski definition) is 1. The molecule has 3 aliphatic rings. The van der Waals surface area contributed by atoms with Crippen LogP contribution in [0.4, 0.5) is 14.6 Å². The van der Waals surface area contributed by atoms with Crippen molar-refractivity contribution in [1.29, 1.82) is 0 Å². The van der Waals surface area contributed by atoms with Gasteiger partial charge in [-0.15, -0.1) is 0 Å². The van der Waals surface area contributed by atoms with Gasteiger partial charge in [0.05, 0.1) is 17.8 Å². The van der Waals surface area contributed by atoms with Gasteiger partial charge in [-0.1, -0.05) is 6.92 Å². The number of carbonyl (C=O) groups is 1. The molecule has 2 unspecified atom stereocenters. The van der Waals surface area contributed by atoms with Crippen molar-refractivity contribution in [3.63, 3.8) is 0 Å². The highest BCUT2D eigenvalue weighted by Gasteiger charge is 2.36. The Labute approximate surface area is 198 Å². The lowest BCUT2D eigenvalue weighted by Crippen LogP contribution is -2.40. The van der Waals surface area contributed by atoms with Crippen LogP contribution in [0.2, 0.25) is 0 Å². The first-order chi connectivity index (χ1) is 16.2. The van der Waals surface area contributed by atoms with E-state index in [1.165, 1.54) is 0 Å². The largest absolute Gasteiger partial charge is 0.358 e. The van der Waals surface area contributed by atoms with Crippen LogP contribution in [0.25, 0.3) is 0 Å². The standard InChI is InChI=1S/C25H32F2N6O/c1-14-10-19(26)20(27)11-18(14)25(34)32-8-5-4-6-22(32)21-12-23-29-24(31-9-7-17(28)13-31)15(2)16(3)33(23)30-21/h10-12,15-17,22H,4-9,13,28H2,1-3H3/t15?,16?,17-,22-/m0/s1. The fraction of sp³-hybridized carbons (Fsp3) is 0.560. The molecule has 4 heterocycles. The van der Waals surface area contributed by atoms with Gasteiger partial charge in [-0.3, -0.25) is 4.79 Å². The van der Waals surface area contributed by atoms with Gasteiger partial charge >= 0.3 is 0 Å². The van der Waals surface area contributed by atoms with Crippen molar-refractivity contribution in [2.45, 2.75) is 64.6 Å². The number of nitrogens with zero attached hydrogens (tertiary/aromatic N) is 5. The summed E-state index contributed by atoms with van der Waals surface area (Å²) in [6.07, 6.45) is 3.57. The number of piperidine rings is 1. The van der Waals surface area contributed by atoms with Crippen molar-refractivity contribution in [3.05, 3.63) is 46.7 Å². The highest BCUT2D eigenvalue weighted by Crippen LogP contribution is 2.38. The van der Waals surface area contributed by atoms with Gasteiger partial charge in [0.15, 0.2) is 17.5 Å². The number of amidine groups is 1. The molecule has 1 aromatic carbocycles. The van der Waals surface area contributed by atoms with Gasteiger partial charge in [-0.05, 0) is 57.2 Å². The Morgan fingerprint density at radius 1 is 1.09 bits per heavy atom. The summed E-state index contributed by atoms with van der Waals surface area (Å²) in [7, 11) is 0. The van der Waals surface area contributed by atoms with Crippen LogP contribution in [0.5, 0.6) is 0 Å². The molecule has 1 aromatic heterocycles. The second-order valence-corrected chi connectivity index (χ2v) is 9.96. The molecule has 1 amide bonds. The summed E-state index contributed by atoms with van der Waals surface area (Å²) < 4.78 is 29.5. The molecule has 2 saturated heterocycles. The second kappa shape index (κ2) is 8.76. The van der Waals surface area contributed by atoms with E-state index < -0.39 is 11.6 Å². The number of rotatable bonds is 2. The first kappa shape index (κ1) is 23.0. The van der Waals surface area contributed by atoms with E-state index in [4.69, 9.17) is 15.8 Å². The summed E-state index contributed by atoms with van der Waals surface area (Å²) in [5.74, 6) is -0.206. The third-order valence-electron chi connectivity index (χ3n) is 7.63. The lowest BCUT2D eigenvalue weighted by atomic mass is 9.97. The summed E-state index contributed by atoms with van der Waals surface area (Å²) in [5.41, 5.74) is 7.55. The first-order valence-corrected chi connectivity index (χ1v) is 12.2. The van der Waals surface area contributed by atoms with Crippen molar-refractivity contribution < 1.29 is 13.6 Å². The van der Waals surface area contributed by atoms with Gasteiger partial charge in [0.2, 0.25) is 0 Å². The Morgan fingerprint density at radius 3 is 2.59 bits per heavy atom. The first-order valence-electron chi connectivity index (χ1n) is 12.2. The number of fused-ring (bicyclic) bond motifs is 1. The summed E-state index contributed by atoms with van der Waals surface area (Å²) in [5, 5.41) is 4.90. The minimum Gasteiger partial charge on any atom is -0.358 e. The zero-order chi connectivity index (χ0) is 24.1. The van der Waals surface area contributed by atoms with Crippen LogP contribution in [0.15, 0.2) is 23.2 Å². The SMILES string of the molecule is Cc1cc(F)c(F)cc1C(=O)N1CCCC[C@H]1c1cc2n(n1)C(C)C(C)C(N1CC[C@H](N)C1)=N2. The second-order valence-electron chi connectivity index (χ2n) is 9.96. The van der Waals surface area contributed by atoms with E-state index >= 15 is 0 Å². The topological polar surface area (TPSA) is 79.8 Å². The van der Waals surface area contributed by atoms with Crippen molar-refractivity contribution in [3.8, 4) is 0 Å². The van der Waals surface area contributed by atoms with Crippen LogP contribution < -0.4 is 5.73 Å². The maximum absolute atomic E-state index is 13.9. The van der Waals surface area contributed by atoms with Gasteiger partial charge in [0.1, 0.15) is 5.84 Å². The minimum atomic E-state index is -1.01. The lowest BCUT2D eigenvalue weighted by molar-refractivity contribution is 0.0603. The fourth-order valence-electron chi connectivity index (χ4n) is 5.46. The van der Waals surface area contributed by atoms with Crippen LogP contribution >= 0.6 is 0 Å². The molecule has 4 atom stereocenters. The molecule has 2 aromatic rings.